The van der Waals surface area contributed by atoms with Crippen LogP contribution < -0.4 is 4.90 Å². The number of likely N-dealkylation sites (N-methyl/N-ethyl adjacent to an activating group) is 1. The summed E-state index contributed by atoms with van der Waals surface area (Å²) in [6, 6.07) is 3.70. The Morgan fingerprint density at radius 3 is 2.56 bits per heavy atom. The fourth-order valence-electron chi connectivity index (χ4n) is 1.51. The van der Waals surface area contributed by atoms with Crippen LogP contribution in [0.3, 0.4) is 0 Å². The molecule has 94 valence electrons. The van der Waals surface area contributed by atoms with E-state index in [1.54, 1.807) is 19.4 Å². The highest BCUT2D eigenvalue weighted by molar-refractivity contribution is 5.72. The highest BCUT2D eigenvalue weighted by Gasteiger charge is 2.09. The van der Waals surface area contributed by atoms with Crippen LogP contribution in [0, 0.1) is 6.92 Å². The zero-order chi connectivity index (χ0) is 13.1. The van der Waals surface area contributed by atoms with Gasteiger partial charge in [0, 0.05) is 19.4 Å². The van der Waals surface area contributed by atoms with Crippen LogP contribution in [0.4, 0.5) is 5.95 Å². The molecule has 0 fully saturated rings. The lowest BCUT2D eigenvalue weighted by molar-refractivity contribution is -0.135. The van der Waals surface area contributed by atoms with Crippen molar-refractivity contribution in [2.75, 3.05) is 18.5 Å². The molecule has 0 aliphatic rings. The highest BCUT2D eigenvalue weighted by Crippen LogP contribution is 2.21. The van der Waals surface area contributed by atoms with E-state index >= 15 is 0 Å². The molecule has 0 unspecified atom stereocenters. The van der Waals surface area contributed by atoms with Crippen LogP contribution in [0.1, 0.15) is 5.76 Å². The molecular formula is C12H13N3O3. The van der Waals surface area contributed by atoms with Crippen molar-refractivity contribution in [2.24, 2.45) is 0 Å². The molecule has 0 spiro atoms. The molecule has 1 N–H and O–H groups in total. The van der Waals surface area contributed by atoms with E-state index in [2.05, 4.69) is 9.97 Å². The van der Waals surface area contributed by atoms with E-state index in [1.165, 1.54) is 4.90 Å². The van der Waals surface area contributed by atoms with Crippen molar-refractivity contribution in [1.82, 2.24) is 9.97 Å². The molecule has 6 heteroatoms. The third-order valence-corrected chi connectivity index (χ3v) is 2.38. The molecule has 0 atom stereocenters. The summed E-state index contributed by atoms with van der Waals surface area (Å²) in [5.74, 6) is 0.952. The van der Waals surface area contributed by atoms with Gasteiger partial charge < -0.3 is 14.4 Å². The Balaban J connectivity index is 2.17. The fraction of sp³-hybridized carbons (Fsp3) is 0.250. The predicted molar refractivity (Wildman–Crippen MR) is 65.4 cm³/mol. The summed E-state index contributed by atoms with van der Waals surface area (Å²) in [7, 11) is 1.63. The molecule has 0 bridgehead atoms. The second-order valence-electron chi connectivity index (χ2n) is 3.93. The van der Waals surface area contributed by atoms with Crippen molar-refractivity contribution in [3.8, 4) is 11.3 Å². The average molecular weight is 247 g/mol. The molecule has 0 radical (unpaired) electrons. The number of aromatic nitrogens is 2. The molecule has 2 aromatic heterocycles. The van der Waals surface area contributed by atoms with E-state index in [0.29, 0.717) is 11.7 Å². The largest absolute Gasteiger partial charge is 0.480 e. The third-order valence-electron chi connectivity index (χ3n) is 2.38. The molecule has 0 saturated heterocycles. The number of hydrogen-bond acceptors (Lipinski definition) is 5. The Kier molecular flexibility index (Phi) is 3.27. The number of carboxylic acids is 1. The molecule has 0 amide bonds. The van der Waals surface area contributed by atoms with Gasteiger partial charge in [0.1, 0.15) is 18.1 Å². The van der Waals surface area contributed by atoms with Crippen molar-refractivity contribution in [3.05, 3.63) is 30.3 Å². The molecule has 0 aliphatic heterocycles. The molecular weight excluding hydrogens is 234 g/mol. The van der Waals surface area contributed by atoms with Gasteiger partial charge in [-0.05, 0) is 19.1 Å². The van der Waals surface area contributed by atoms with Crippen molar-refractivity contribution in [1.29, 1.82) is 0 Å². The van der Waals surface area contributed by atoms with Crippen LogP contribution in [0.25, 0.3) is 11.3 Å². The van der Waals surface area contributed by atoms with Crippen LogP contribution in [-0.4, -0.2) is 34.6 Å². The number of hydrogen-bond donors (Lipinski definition) is 1. The van der Waals surface area contributed by atoms with Crippen LogP contribution in [-0.2, 0) is 4.79 Å². The normalized spacial score (nSPS) is 10.3. The summed E-state index contributed by atoms with van der Waals surface area (Å²) in [5, 5.41) is 8.67. The first-order chi connectivity index (χ1) is 8.56. The van der Waals surface area contributed by atoms with Gasteiger partial charge in [0.15, 0.2) is 0 Å². The minimum absolute atomic E-state index is 0.140. The number of rotatable bonds is 4. The van der Waals surface area contributed by atoms with Crippen LogP contribution in [0.15, 0.2) is 28.9 Å². The minimum Gasteiger partial charge on any atom is -0.480 e. The first-order valence-corrected chi connectivity index (χ1v) is 5.38. The van der Waals surface area contributed by atoms with Gasteiger partial charge in [0.2, 0.25) is 5.95 Å². The molecule has 2 heterocycles. The zero-order valence-corrected chi connectivity index (χ0v) is 10.1. The van der Waals surface area contributed by atoms with Gasteiger partial charge in [0.25, 0.3) is 0 Å². The van der Waals surface area contributed by atoms with E-state index in [1.807, 2.05) is 19.1 Å². The Hall–Kier alpha value is -2.37. The molecule has 0 saturated carbocycles. The second kappa shape index (κ2) is 4.87. The molecule has 6 nitrogen and oxygen atoms in total. The number of furan rings is 1. The van der Waals surface area contributed by atoms with Crippen molar-refractivity contribution < 1.29 is 14.3 Å². The van der Waals surface area contributed by atoms with E-state index in [0.717, 1.165) is 11.3 Å². The number of aliphatic carboxylic acids is 1. The standard InChI is InChI=1S/C12H13N3O3/c1-8-3-4-10(18-8)9-5-13-12(14-6-9)15(2)7-11(16)17/h3-6H,7H2,1-2H3,(H,16,17). The maximum Gasteiger partial charge on any atom is 0.323 e. The molecule has 0 aliphatic carbocycles. The van der Waals surface area contributed by atoms with Crippen molar-refractivity contribution in [2.45, 2.75) is 6.92 Å². The third kappa shape index (κ3) is 2.65. The van der Waals surface area contributed by atoms with Gasteiger partial charge in [-0.2, -0.15) is 0 Å². The van der Waals surface area contributed by atoms with E-state index in [4.69, 9.17) is 9.52 Å². The summed E-state index contributed by atoms with van der Waals surface area (Å²) in [4.78, 5) is 20.2. The topological polar surface area (TPSA) is 79.5 Å². The number of anilines is 1. The molecule has 0 aromatic carbocycles. The molecule has 2 rings (SSSR count). The molecule has 2 aromatic rings. The van der Waals surface area contributed by atoms with E-state index in [-0.39, 0.29) is 6.54 Å². The minimum atomic E-state index is -0.924. The smallest absolute Gasteiger partial charge is 0.323 e. The fourth-order valence-corrected chi connectivity index (χ4v) is 1.51. The summed E-state index contributed by atoms with van der Waals surface area (Å²) >= 11 is 0. The van der Waals surface area contributed by atoms with Gasteiger partial charge in [0.05, 0.1) is 5.56 Å². The number of nitrogens with zero attached hydrogens (tertiary/aromatic N) is 3. The maximum atomic E-state index is 10.6. The van der Waals surface area contributed by atoms with E-state index in [9.17, 15) is 4.79 Å². The van der Waals surface area contributed by atoms with Gasteiger partial charge in [-0.25, -0.2) is 9.97 Å². The Morgan fingerprint density at radius 1 is 1.39 bits per heavy atom. The lowest BCUT2D eigenvalue weighted by Crippen LogP contribution is -2.26. The Bertz CT molecular complexity index is 548. The monoisotopic (exact) mass is 247 g/mol. The SMILES string of the molecule is Cc1ccc(-c2cnc(N(C)CC(=O)O)nc2)o1. The summed E-state index contributed by atoms with van der Waals surface area (Å²) in [6.45, 7) is 1.72. The lowest BCUT2D eigenvalue weighted by Gasteiger charge is -2.13. The van der Waals surface area contributed by atoms with Gasteiger partial charge in [-0.1, -0.05) is 0 Å². The zero-order valence-electron chi connectivity index (χ0n) is 10.1. The van der Waals surface area contributed by atoms with Gasteiger partial charge >= 0.3 is 5.97 Å². The van der Waals surface area contributed by atoms with Crippen LogP contribution in [0.5, 0.6) is 0 Å². The number of carbonyl (C=O) groups is 1. The lowest BCUT2D eigenvalue weighted by atomic mass is 10.3. The number of carboxylic acid groups (broad SMARTS) is 1. The quantitative estimate of drug-likeness (QED) is 0.883. The van der Waals surface area contributed by atoms with Gasteiger partial charge in [-0.15, -0.1) is 0 Å². The van der Waals surface area contributed by atoms with E-state index < -0.39 is 5.97 Å². The predicted octanol–water partition coefficient (Wildman–Crippen LogP) is 1.57. The summed E-state index contributed by atoms with van der Waals surface area (Å²) in [5.41, 5.74) is 0.760. The first-order valence-electron chi connectivity index (χ1n) is 5.38. The van der Waals surface area contributed by atoms with Crippen LogP contribution in [0.2, 0.25) is 0 Å². The average Bonchev–Trinajstić information content (AvgIpc) is 2.75. The maximum absolute atomic E-state index is 10.6. The summed E-state index contributed by atoms with van der Waals surface area (Å²) < 4.78 is 5.45. The highest BCUT2D eigenvalue weighted by atomic mass is 16.4. The van der Waals surface area contributed by atoms with Crippen LogP contribution >= 0.6 is 0 Å². The van der Waals surface area contributed by atoms with Crippen molar-refractivity contribution in [3.63, 3.8) is 0 Å². The second-order valence-corrected chi connectivity index (χ2v) is 3.93. The number of aryl methyl sites for hydroxylation is 1. The Morgan fingerprint density at radius 2 is 2.06 bits per heavy atom. The summed E-state index contributed by atoms with van der Waals surface area (Å²) in [6.07, 6.45) is 3.22. The van der Waals surface area contributed by atoms with Gasteiger partial charge in [-0.3, -0.25) is 4.79 Å². The van der Waals surface area contributed by atoms with Crippen molar-refractivity contribution >= 4 is 11.9 Å². The molecule has 18 heavy (non-hydrogen) atoms. The Labute approximate surface area is 104 Å². The first kappa shape index (κ1) is 12.1.